The first-order valence-corrected chi connectivity index (χ1v) is 5.54. The van der Waals surface area contributed by atoms with Crippen molar-refractivity contribution in [2.75, 3.05) is 6.61 Å². The van der Waals surface area contributed by atoms with Gasteiger partial charge in [-0.05, 0) is 53.1 Å². The smallest absolute Gasteiger partial charge is 0.136 e. The third-order valence-corrected chi connectivity index (χ3v) is 3.11. The Morgan fingerprint density at radius 1 is 1.57 bits per heavy atom. The van der Waals surface area contributed by atoms with Crippen LogP contribution in [0.2, 0.25) is 0 Å². The van der Waals surface area contributed by atoms with E-state index in [-0.39, 0.29) is 18.5 Å². The summed E-state index contributed by atoms with van der Waals surface area (Å²) < 4.78 is 19.3. The van der Waals surface area contributed by atoms with Gasteiger partial charge in [-0.2, -0.15) is 0 Å². The zero-order chi connectivity index (χ0) is 10.1. The highest BCUT2D eigenvalue weighted by atomic mass is 127. The van der Waals surface area contributed by atoms with Gasteiger partial charge in [0.15, 0.2) is 0 Å². The van der Waals surface area contributed by atoms with Crippen molar-refractivity contribution in [3.63, 3.8) is 0 Å². The maximum atomic E-state index is 13.0. The maximum Gasteiger partial charge on any atom is 0.136 e. The first-order chi connectivity index (χ1) is 6.70. The van der Waals surface area contributed by atoms with E-state index in [1.807, 2.05) is 22.6 Å². The quantitative estimate of drug-likeness (QED) is 0.805. The van der Waals surface area contributed by atoms with Gasteiger partial charge in [-0.3, -0.25) is 0 Å². The van der Waals surface area contributed by atoms with E-state index in [1.54, 1.807) is 0 Å². The molecule has 1 unspecified atom stereocenters. The molecule has 4 heteroatoms. The van der Waals surface area contributed by atoms with Gasteiger partial charge in [0.25, 0.3) is 0 Å². The van der Waals surface area contributed by atoms with Gasteiger partial charge < -0.3 is 9.84 Å². The van der Waals surface area contributed by atoms with Crippen LogP contribution in [0.4, 0.5) is 4.39 Å². The number of rotatable bonds is 1. The summed E-state index contributed by atoms with van der Waals surface area (Å²) in [4.78, 5) is 0. The van der Waals surface area contributed by atoms with Crippen LogP contribution in [0.1, 0.15) is 12.0 Å². The molecule has 1 aliphatic rings. The summed E-state index contributed by atoms with van der Waals surface area (Å²) in [5.74, 6) is 0.511. The second kappa shape index (κ2) is 4.02. The Morgan fingerprint density at radius 3 is 3.07 bits per heavy atom. The van der Waals surface area contributed by atoms with Gasteiger partial charge in [0.05, 0.1) is 10.2 Å². The molecule has 1 aliphatic heterocycles. The third-order valence-electron chi connectivity index (χ3n) is 2.31. The highest BCUT2D eigenvalue weighted by Crippen LogP contribution is 2.33. The fourth-order valence-corrected chi connectivity index (χ4v) is 2.37. The van der Waals surface area contributed by atoms with Crippen LogP contribution in [-0.4, -0.2) is 17.8 Å². The van der Waals surface area contributed by atoms with Crippen molar-refractivity contribution in [2.45, 2.75) is 18.9 Å². The molecule has 76 valence electrons. The van der Waals surface area contributed by atoms with E-state index in [0.29, 0.717) is 0 Å². The largest absolute Gasteiger partial charge is 0.487 e. The number of aryl methyl sites for hydroxylation is 1. The molecule has 0 saturated heterocycles. The molecule has 1 N–H and O–H groups in total. The number of ether oxygens (including phenoxy) is 1. The standard InChI is InChI=1S/C10H10FIO2/c11-7-3-6-1-2-8(5-13)14-10(6)9(12)4-7/h3-4,8,13H,1-2,5H2. The zero-order valence-corrected chi connectivity index (χ0v) is 9.62. The molecular formula is C10H10FIO2. The molecule has 0 bridgehead atoms. The summed E-state index contributed by atoms with van der Waals surface area (Å²) in [6.07, 6.45) is 1.39. The second-order valence-electron chi connectivity index (χ2n) is 3.34. The monoisotopic (exact) mass is 308 g/mol. The van der Waals surface area contributed by atoms with Crippen molar-refractivity contribution in [1.29, 1.82) is 0 Å². The maximum absolute atomic E-state index is 13.0. The van der Waals surface area contributed by atoms with Gasteiger partial charge in [0.2, 0.25) is 0 Å². The highest BCUT2D eigenvalue weighted by Gasteiger charge is 2.21. The molecule has 0 aliphatic carbocycles. The van der Waals surface area contributed by atoms with E-state index < -0.39 is 0 Å². The highest BCUT2D eigenvalue weighted by molar-refractivity contribution is 14.1. The van der Waals surface area contributed by atoms with Crippen molar-refractivity contribution in [3.8, 4) is 5.75 Å². The summed E-state index contributed by atoms with van der Waals surface area (Å²) in [6.45, 7) is 0.0207. The average molecular weight is 308 g/mol. The molecular weight excluding hydrogens is 298 g/mol. The van der Waals surface area contributed by atoms with Crippen LogP contribution in [0.25, 0.3) is 0 Å². The summed E-state index contributed by atoms with van der Waals surface area (Å²) in [6, 6.07) is 2.95. The van der Waals surface area contributed by atoms with Crippen LogP contribution in [-0.2, 0) is 6.42 Å². The molecule has 0 amide bonds. The van der Waals surface area contributed by atoms with E-state index in [1.165, 1.54) is 12.1 Å². The molecule has 1 heterocycles. The molecule has 0 radical (unpaired) electrons. The molecule has 0 fully saturated rings. The van der Waals surface area contributed by atoms with Crippen LogP contribution >= 0.6 is 22.6 Å². The minimum absolute atomic E-state index is 0.0207. The molecule has 2 rings (SSSR count). The summed E-state index contributed by atoms with van der Waals surface area (Å²) in [7, 11) is 0. The van der Waals surface area contributed by atoms with Crippen LogP contribution in [0.3, 0.4) is 0 Å². The molecule has 1 aromatic rings. The van der Waals surface area contributed by atoms with E-state index in [4.69, 9.17) is 9.84 Å². The Balaban J connectivity index is 2.37. The van der Waals surface area contributed by atoms with E-state index in [2.05, 4.69) is 0 Å². The summed E-state index contributed by atoms with van der Waals surface area (Å²) in [5, 5.41) is 8.96. The molecule has 1 aromatic carbocycles. The number of benzene rings is 1. The first kappa shape index (κ1) is 10.2. The molecule has 14 heavy (non-hydrogen) atoms. The van der Waals surface area contributed by atoms with Gasteiger partial charge in [-0.25, -0.2) is 4.39 Å². The number of hydrogen-bond donors (Lipinski definition) is 1. The van der Waals surface area contributed by atoms with E-state index in [0.717, 1.165) is 27.7 Å². The van der Waals surface area contributed by atoms with Gasteiger partial charge in [-0.1, -0.05) is 0 Å². The lowest BCUT2D eigenvalue weighted by molar-refractivity contribution is 0.0967. The van der Waals surface area contributed by atoms with Crippen molar-refractivity contribution < 1.29 is 14.2 Å². The first-order valence-electron chi connectivity index (χ1n) is 4.46. The van der Waals surface area contributed by atoms with Gasteiger partial charge in [0, 0.05) is 0 Å². The minimum Gasteiger partial charge on any atom is -0.487 e. The predicted octanol–water partition coefficient (Wildman–Crippen LogP) is 2.12. The second-order valence-corrected chi connectivity index (χ2v) is 4.50. The number of fused-ring (bicyclic) bond motifs is 1. The van der Waals surface area contributed by atoms with E-state index >= 15 is 0 Å². The fraction of sp³-hybridized carbons (Fsp3) is 0.400. The molecule has 1 atom stereocenters. The van der Waals surface area contributed by atoms with Crippen molar-refractivity contribution in [3.05, 3.63) is 27.1 Å². The lowest BCUT2D eigenvalue weighted by Gasteiger charge is -2.25. The number of aliphatic hydroxyl groups excluding tert-OH is 1. The average Bonchev–Trinajstić information content (AvgIpc) is 2.17. The lowest BCUT2D eigenvalue weighted by atomic mass is 10.0. The Kier molecular flexibility index (Phi) is 2.92. The Labute approximate surface area is 95.2 Å². The summed E-state index contributed by atoms with van der Waals surface area (Å²) in [5.41, 5.74) is 0.902. The number of aliphatic hydroxyl groups is 1. The topological polar surface area (TPSA) is 29.5 Å². The van der Waals surface area contributed by atoms with Crippen LogP contribution in [0, 0.1) is 9.39 Å². The predicted molar refractivity (Wildman–Crippen MR) is 58.9 cm³/mol. The number of halogens is 2. The molecule has 0 spiro atoms. The van der Waals surface area contributed by atoms with Gasteiger partial charge in [0.1, 0.15) is 17.7 Å². The lowest BCUT2D eigenvalue weighted by Crippen LogP contribution is -2.26. The molecule has 0 aromatic heterocycles. The molecule has 0 saturated carbocycles. The SMILES string of the molecule is OCC1CCc2cc(F)cc(I)c2O1. The zero-order valence-electron chi connectivity index (χ0n) is 7.46. The Bertz CT molecular complexity index is 354. The Morgan fingerprint density at radius 2 is 2.36 bits per heavy atom. The van der Waals surface area contributed by atoms with Crippen LogP contribution < -0.4 is 4.74 Å². The van der Waals surface area contributed by atoms with Crippen LogP contribution in [0.15, 0.2) is 12.1 Å². The minimum atomic E-state index is -0.223. The van der Waals surface area contributed by atoms with Crippen LogP contribution in [0.5, 0.6) is 5.75 Å². The summed E-state index contributed by atoms with van der Waals surface area (Å²) >= 11 is 2.05. The normalized spacial score (nSPS) is 20.1. The van der Waals surface area contributed by atoms with Crippen molar-refractivity contribution in [1.82, 2.24) is 0 Å². The fourth-order valence-electron chi connectivity index (χ4n) is 1.60. The number of hydrogen-bond acceptors (Lipinski definition) is 2. The third kappa shape index (κ3) is 1.86. The van der Waals surface area contributed by atoms with Crippen molar-refractivity contribution >= 4 is 22.6 Å². The van der Waals surface area contributed by atoms with Gasteiger partial charge in [-0.15, -0.1) is 0 Å². The van der Waals surface area contributed by atoms with Crippen molar-refractivity contribution in [2.24, 2.45) is 0 Å². The molecule has 2 nitrogen and oxygen atoms in total. The Hall–Kier alpha value is -0.360. The van der Waals surface area contributed by atoms with Gasteiger partial charge >= 0.3 is 0 Å². The van der Waals surface area contributed by atoms with E-state index in [9.17, 15) is 4.39 Å².